The number of ketones is 1. The zero-order valence-corrected chi connectivity index (χ0v) is 6.09. The molecule has 0 N–H and O–H groups in total. The van der Waals surface area contributed by atoms with Gasteiger partial charge in [-0.3, -0.25) is 9.59 Å². The van der Waals surface area contributed by atoms with Crippen LogP contribution in [0.25, 0.3) is 0 Å². The maximum absolute atomic E-state index is 10.7. The fourth-order valence-corrected chi connectivity index (χ4v) is 0.561. The third-order valence-electron chi connectivity index (χ3n) is 1.11. The highest BCUT2D eigenvalue weighted by Crippen LogP contribution is 1.95. The fourth-order valence-electron chi connectivity index (χ4n) is 0.561. The van der Waals surface area contributed by atoms with E-state index in [0.717, 1.165) is 18.9 Å². The van der Waals surface area contributed by atoms with Crippen LogP contribution in [-0.2, 0) is 9.59 Å². The molecule has 0 saturated heterocycles. The molecule has 0 heterocycles. The first-order valence-electron chi connectivity index (χ1n) is 3.38. The second kappa shape index (κ2) is 6.20. The first-order valence-corrected chi connectivity index (χ1v) is 3.38. The Hall–Kier alpha value is -0.920. The van der Waals surface area contributed by atoms with E-state index in [4.69, 9.17) is 0 Å². The van der Waals surface area contributed by atoms with Crippen molar-refractivity contribution in [2.24, 2.45) is 0 Å². The molecule has 0 saturated carbocycles. The van der Waals surface area contributed by atoms with Gasteiger partial charge >= 0.3 is 0 Å². The van der Waals surface area contributed by atoms with Crippen molar-refractivity contribution in [3.8, 4) is 0 Å². The van der Waals surface area contributed by atoms with Crippen molar-refractivity contribution in [1.82, 2.24) is 0 Å². The van der Waals surface area contributed by atoms with Crippen molar-refractivity contribution < 1.29 is 9.59 Å². The van der Waals surface area contributed by atoms with Crippen molar-refractivity contribution in [2.75, 3.05) is 0 Å². The minimum Gasteiger partial charge on any atom is -0.295 e. The summed E-state index contributed by atoms with van der Waals surface area (Å²) in [6.07, 6.45) is 6.33. The highest BCUT2D eigenvalue weighted by Gasteiger charge is 1.92. The van der Waals surface area contributed by atoms with Crippen molar-refractivity contribution in [3.63, 3.8) is 0 Å². The minimum absolute atomic E-state index is 0.00481. The van der Waals surface area contributed by atoms with Crippen LogP contribution in [0.3, 0.4) is 0 Å². The van der Waals surface area contributed by atoms with Crippen LogP contribution < -0.4 is 0 Å². The summed E-state index contributed by atoms with van der Waals surface area (Å²) in [7, 11) is 0. The van der Waals surface area contributed by atoms with Gasteiger partial charge in [0.25, 0.3) is 0 Å². The molecule has 1 radical (unpaired) electrons. The Balaban J connectivity index is 3.43. The summed E-state index contributed by atoms with van der Waals surface area (Å²) in [5, 5.41) is 0. The Morgan fingerprint density at radius 2 is 2.30 bits per heavy atom. The topological polar surface area (TPSA) is 34.1 Å². The van der Waals surface area contributed by atoms with Crippen LogP contribution in [0.4, 0.5) is 0 Å². The largest absolute Gasteiger partial charge is 0.295 e. The number of carbonyl (C=O) groups is 1. The molecule has 0 aromatic heterocycles. The Labute approximate surface area is 60.9 Å². The number of rotatable bonds is 5. The lowest BCUT2D eigenvalue weighted by Crippen LogP contribution is -1.90. The average molecular weight is 139 g/mol. The summed E-state index contributed by atoms with van der Waals surface area (Å²) < 4.78 is 0. The molecule has 0 unspecified atom stereocenters. The van der Waals surface area contributed by atoms with Gasteiger partial charge < -0.3 is 0 Å². The van der Waals surface area contributed by atoms with Gasteiger partial charge in [-0.2, -0.15) is 0 Å². The molecule has 0 rings (SSSR count). The molecule has 0 aromatic carbocycles. The molecule has 0 aromatic rings. The van der Waals surface area contributed by atoms with Crippen LogP contribution in [-0.4, -0.2) is 12.1 Å². The van der Waals surface area contributed by atoms with E-state index >= 15 is 0 Å². The van der Waals surface area contributed by atoms with Crippen LogP contribution in [0.2, 0.25) is 0 Å². The first-order chi connectivity index (χ1) is 4.81. The SMILES string of the molecule is CCCCC(=O)C=C[C]=O. The van der Waals surface area contributed by atoms with E-state index in [1.807, 2.05) is 6.92 Å². The van der Waals surface area contributed by atoms with E-state index < -0.39 is 0 Å². The average Bonchev–Trinajstić information content (AvgIpc) is 1.97. The summed E-state index contributed by atoms with van der Waals surface area (Å²) in [5.74, 6) is 0.00481. The van der Waals surface area contributed by atoms with Gasteiger partial charge in [0.2, 0.25) is 6.29 Å². The number of unbranched alkanes of at least 4 members (excludes halogenated alkanes) is 1. The standard InChI is InChI=1S/C8H11O2/c1-2-3-5-8(10)6-4-7-9/h4,6H,2-3,5H2,1H3. The predicted octanol–water partition coefficient (Wildman–Crippen LogP) is 1.41. The Kier molecular flexibility index (Phi) is 5.63. The van der Waals surface area contributed by atoms with E-state index in [2.05, 4.69) is 0 Å². The van der Waals surface area contributed by atoms with Gasteiger partial charge in [0.15, 0.2) is 5.78 Å². The normalized spacial score (nSPS) is 10.1. The zero-order valence-electron chi connectivity index (χ0n) is 6.09. The van der Waals surface area contributed by atoms with Crippen molar-refractivity contribution in [3.05, 3.63) is 12.2 Å². The van der Waals surface area contributed by atoms with Crippen molar-refractivity contribution >= 4 is 12.1 Å². The maximum atomic E-state index is 10.7. The molecule has 0 fully saturated rings. The molecular formula is C8H11O2. The zero-order chi connectivity index (χ0) is 7.82. The van der Waals surface area contributed by atoms with E-state index in [9.17, 15) is 9.59 Å². The van der Waals surface area contributed by atoms with Gasteiger partial charge in [-0.25, -0.2) is 0 Å². The lowest BCUT2D eigenvalue weighted by Gasteiger charge is -1.88. The third kappa shape index (κ3) is 5.22. The molecule has 0 atom stereocenters. The Bertz CT molecular complexity index is 136. The Morgan fingerprint density at radius 3 is 2.80 bits per heavy atom. The lowest BCUT2D eigenvalue weighted by atomic mass is 10.2. The smallest absolute Gasteiger partial charge is 0.225 e. The lowest BCUT2D eigenvalue weighted by molar-refractivity contribution is -0.114. The van der Waals surface area contributed by atoms with Crippen LogP contribution in [0.15, 0.2) is 12.2 Å². The molecule has 2 nitrogen and oxygen atoms in total. The van der Waals surface area contributed by atoms with Gasteiger partial charge in [0.05, 0.1) is 0 Å². The Morgan fingerprint density at radius 1 is 1.60 bits per heavy atom. The maximum Gasteiger partial charge on any atom is 0.225 e. The van der Waals surface area contributed by atoms with Crippen LogP contribution in [0.5, 0.6) is 0 Å². The summed E-state index contributed by atoms with van der Waals surface area (Å²) >= 11 is 0. The number of carbonyl (C=O) groups excluding carboxylic acids is 2. The first kappa shape index (κ1) is 9.08. The molecule has 0 aliphatic heterocycles. The van der Waals surface area contributed by atoms with Gasteiger partial charge in [-0.1, -0.05) is 13.3 Å². The summed E-state index contributed by atoms with van der Waals surface area (Å²) in [6.45, 7) is 2.02. The summed E-state index contributed by atoms with van der Waals surface area (Å²) in [5.41, 5.74) is 0. The molecule has 0 spiro atoms. The summed E-state index contributed by atoms with van der Waals surface area (Å²) in [4.78, 5) is 20.3. The van der Waals surface area contributed by atoms with Crippen LogP contribution in [0, 0.1) is 0 Å². The molecule has 0 bridgehead atoms. The molecule has 55 valence electrons. The molecular weight excluding hydrogens is 128 g/mol. The van der Waals surface area contributed by atoms with Crippen molar-refractivity contribution in [1.29, 1.82) is 0 Å². The van der Waals surface area contributed by atoms with Gasteiger partial charge in [0.1, 0.15) is 0 Å². The van der Waals surface area contributed by atoms with E-state index in [1.54, 1.807) is 0 Å². The number of hydrogen-bond donors (Lipinski definition) is 0. The van der Waals surface area contributed by atoms with E-state index in [1.165, 1.54) is 12.4 Å². The molecule has 0 aliphatic carbocycles. The number of allylic oxidation sites excluding steroid dienone is 2. The quantitative estimate of drug-likeness (QED) is 0.540. The van der Waals surface area contributed by atoms with E-state index in [0.29, 0.717) is 6.42 Å². The van der Waals surface area contributed by atoms with Gasteiger partial charge in [-0.05, 0) is 18.6 Å². The summed E-state index contributed by atoms with van der Waals surface area (Å²) in [6, 6.07) is 0. The highest BCUT2D eigenvalue weighted by molar-refractivity contribution is 5.92. The second-order valence-corrected chi connectivity index (χ2v) is 2.02. The third-order valence-corrected chi connectivity index (χ3v) is 1.11. The molecule has 0 aliphatic rings. The highest BCUT2D eigenvalue weighted by atomic mass is 16.1. The van der Waals surface area contributed by atoms with E-state index in [-0.39, 0.29) is 5.78 Å². The molecule has 2 heteroatoms. The molecule has 10 heavy (non-hydrogen) atoms. The predicted molar refractivity (Wildman–Crippen MR) is 39.4 cm³/mol. The minimum atomic E-state index is 0.00481. The van der Waals surface area contributed by atoms with Crippen LogP contribution in [0.1, 0.15) is 26.2 Å². The monoisotopic (exact) mass is 139 g/mol. The van der Waals surface area contributed by atoms with Crippen LogP contribution >= 0.6 is 0 Å². The molecule has 0 amide bonds. The number of hydrogen-bond acceptors (Lipinski definition) is 2. The van der Waals surface area contributed by atoms with Gasteiger partial charge in [-0.15, -0.1) is 0 Å². The van der Waals surface area contributed by atoms with Crippen molar-refractivity contribution in [2.45, 2.75) is 26.2 Å². The van der Waals surface area contributed by atoms with Gasteiger partial charge in [0, 0.05) is 6.42 Å². The fraction of sp³-hybridized carbons (Fsp3) is 0.500. The second-order valence-electron chi connectivity index (χ2n) is 2.02.